The quantitative estimate of drug-likeness (QED) is 0.321. The number of rotatable bonds is 6. The highest BCUT2D eigenvalue weighted by Gasteiger charge is 2.23. The molecule has 1 amide bonds. The number of nitrogens with zero attached hydrogens (tertiary/aromatic N) is 2. The normalized spacial score (nSPS) is 14.1. The third-order valence-electron chi connectivity index (χ3n) is 6.37. The van der Waals surface area contributed by atoms with Crippen molar-refractivity contribution >= 4 is 56.3 Å². The van der Waals surface area contributed by atoms with Crippen LogP contribution in [0.25, 0.3) is 10.1 Å². The van der Waals surface area contributed by atoms with Gasteiger partial charge in [-0.15, -0.1) is 11.3 Å². The third-order valence-corrected chi connectivity index (χ3v) is 8.04. The van der Waals surface area contributed by atoms with E-state index in [1.165, 1.54) is 24.0 Å². The van der Waals surface area contributed by atoms with Crippen LogP contribution in [0.1, 0.15) is 25.6 Å². The summed E-state index contributed by atoms with van der Waals surface area (Å²) >= 11 is 7.91. The number of halogens is 1. The summed E-state index contributed by atoms with van der Waals surface area (Å²) in [6.07, 6.45) is 0. The molecule has 4 aromatic rings. The summed E-state index contributed by atoms with van der Waals surface area (Å²) in [5, 5.41) is 4.31. The fraction of sp³-hybridized carbons (Fsp3) is 0.214. The minimum atomic E-state index is -0.454. The molecule has 0 radical (unpaired) electrons. The van der Waals surface area contributed by atoms with E-state index in [9.17, 15) is 9.59 Å². The predicted octanol–water partition coefficient (Wildman–Crippen LogP) is 5.92. The van der Waals surface area contributed by atoms with Gasteiger partial charge in [0.2, 0.25) is 0 Å². The molecule has 0 bridgehead atoms. The fourth-order valence-corrected chi connectivity index (χ4v) is 5.90. The number of carbonyl (C=O) groups is 2. The van der Waals surface area contributed by atoms with Crippen molar-refractivity contribution in [2.75, 3.05) is 43.5 Å². The van der Waals surface area contributed by atoms with Crippen LogP contribution in [0.15, 0.2) is 72.8 Å². The molecule has 1 aromatic heterocycles. The Morgan fingerprint density at radius 3 is 2.42 bits per heavy atom. The van der Waals surface area contributed by atoms with E-state index in [4.69, 9.17) is 16.3 Å². The van der Waals surface area contributed by atoms with Crippen LogP contribution in [0.5, 0.6) is 0 Å². The van der Waals surface area contributed by atoms with Crippen molar-refractivity contribution in [3.05, 3.63) is 93.8 Å². The molecule has 1 N–H and O–H groups in total. The van der Waals surface area contributed by atoms with E-state index in [2.05, 4.69) is 39.4 Å². The van der Waals surface area contributed by atoms with Crippen molar-refractivity contribution in [3.63, 3.8) is 0 Å². The molecule has 3 aromatic carbocycles. The Kier molecular flexibility index (Phi) is 7.23. The number of nitrogens with one attached hydrogen (secondary N) is 1. The smallest absolute Gasteiger partial charge is 0.337 e. The third kappa shape index (κ3) is 5.09. The first-order valence-corrected chi connectivity index (χ1v) is 12.9. The molecule has 1 aliphatic heterocycles. The maximum Gasteiger partial charge on any atom is 0.337 e. The lowest BCUT2D eigenvalue weighted by Gasteiger charge is -2.37. The first kappa shape index (κ1) is 24.3. The van der Waals surface area contributed by atoms with Gasteiger partial charge < -0.3 is 15.0 Å². The number of hydrogen-bond donors (Lipinski definition) is 1. The van der Waals surface area contributed by atoms with E-state index in [-0.39, 0.29) is 5.91 Å². The summed E-state index contributed by atoms with van der Waals surface area (Å²) in [4.78, 5) is 30.6. The monoisotopic (exact) mass is 519 g/mol. The molecule has 0 aliphatic carbocycles. The van der Waals surface area contributed by atoms with Gasteiger partial charge in [0.25, 0.3) is 5.91 Å². The Morgan fingerprint density at radius 1 is 0.972 bits per heavy atom. The number of thiophene rings is 1. The molecule has 5 rings (SSSR count). The highest BCUT2D eigenvalue weighted by Crippen LogP contribution is 2.36. The van der Waals surface area contributed by atoms with Crippen LogP contribution in [-0.4, -0.2) is 50.1 Å². The molecule has 6 nitrogen and oxygen atoms in total. The van der Waals surface area contributed by atoms with Crippen LogP contribution in [0.2, 0.25) is 5.02 Å². The minimum Gasteiger partial charge on any atom is -0.465 e. The van der Waals surface area contributed by atoms with Gasteiger partial charge in [0.1, 0.15) is 4.88 Å². The van der Waals surface area contributed by atoms with Crippen molar-refractivity contribution in [2.45, 2.75) is 6.54 Å². The molecule has 1 aliphatic rings. The van der Waals surface area contributed by atoms with Crippen molar-refractivity contribution in [2.24, 2.45) is 0 Å². The molecule has 184 valence electrons. The lowest BCUT2D eigenvalue weighted by atomic mass is 10.1. The Bertz CT molecular complexity index is 1400. The van der Waals surface area contributed by atoms with Crippen molar-refractivity contribution < 1.29 is 14.3 Å². The number of anilines is 2. The van der Waals surface area contributed by atoms with Crippen LogP contribution >= 0.6 is 22.9 Å². The molecule has 1 saturated heterocycles. The highest BCUT2D eigenvalue weighted by atomic mass is 35.5. The SMILES string of the molecule is COC(=O)c1ccc(N2CCN(Cc3ccccc3)CC2)c(NC(=O)c2sc3ccccc3c2Cl)c1. The van der Waals surface area contributed by atoms with Gasteiger partial charge in [-0.25, -0.2) is 4.79 Å². The maximum absolute atomic E-state index is 13.3. The van der Waals surface area contributed by atoms with E-state index in [1.54, 1.807) is 12.1 Å². The summed E-state index contributed by atoms with van der Waals surface area (Å²) in [5.74, 6) is -0.753. The van der Waals surface area contributed by atoms with E-state index in [0.717, 1.165) is 48.5 Å². The second-order valence-corrected chi connectivity index (χ2v) is 10.1. The lowest BCUT2D eigenvalue weighted by Crippen LogP contribution is -2.46. The number of amides is 1. The maximum atomic E-state index is 13.3. The Hall–Kier alpha value is -3.39. The molecule has 0 spiro atoms. The first-order chi connectivity index (χ1) is 17.5. The van der Waals surface area contributed by atoms with Crippen LogP contribution in [-0.2, 0) is 11.3 Å². The number of ether oxygens (including phenoxy) is 1. The second-order valence-electron chi connectivity index (χ2n) is 8.67. The molecule has 36 heavy (non-hydrogen) atoms. The minimum absolute atomic E-state index is 0.299. The molecule has 0 unspecified atom stereocenters. The van der Waals surface area contributed by atoms with Gasteiger partial charge in [0, 0.05) is 42.8 Å². The lowest BCUT2D eigenvalue weighted by molar-refractivity contribution is 0.0600. The number of piperazine rings is 1. The number of esters is 1. The average Bonchev–Trinajstić information content (AvgIpc) is 3.26. The summed E-state index contributed by atoms with van der Waals surface area (Å²) in [6, 6.07) is 23.4. The Morgan fingerprint density at radius 2 is 1.69 bits per heavy atom. The number of methoxy groups -OCH3 is 1. The predicted molar refractivity (Wildman–Crippen MR) is 147 cm³/mol. The van der Waals surface area contributed by atoms with E-state index in [0.29, 0.717) is 21.2 Å². The first-order valence-electron chi connectivity index (χ1n) is 11.8. The van der Waals surface area contributed by atoms with Crippen molar-refractivity contribution in [1.82, 2.24) is 4.90 Å². The zero-order chi connectivity index (χ0) is 25.1. The van der Waals surface area contributed by atoms with Gasteiger partial charge in [-0.2, -0.15) is 0 Å². The zero-order valence-corrected chi connectivity index (χ0v) is 21.4. The molecule has 0 saturated carbocycles. The van der Waals surface area contributed by atoms with E-state index in [1.807, 2.05) is 36.4 Å². The number of fused-ring (bicyclic) bond motifs is 1. The van der Waals surface area contributed by atoms with Crippen LogP contribution in [0.4, 0.5) is 11.4 Å². The van der Waals surface area contributed by atoms with Gasteiger partial charge >= 0.3 is 5.97 Å². The van der Waals surface area contributed by atoms with Crippen molar-refractivity contribution in [1.29, 1.82) is 0 Å². The summed E-state index contributed by atoms with van der Waals surface area (Å²) in [6.45, 7) is 4.30. The summed E-state index contributed by atoms with van der Waals surface area (Å²) in [5.41, 5.74) is 3.10. The number of hydrogen-bond acceptors (Lipinski definition) is 6. The van der Waals surface area contributed by atoms with Crippen molar-refractivity contribution in [3.8, 4) is 0 Å². The second kappa shape index (κ2) is 10.7. The van der Waals surface area contributed by atoms with Gasteiger partial charge in [0.15, 0.2) is 0 Å². The Labute approximate surface area is 219 Å². The summed E-state index contributed by atoms with van der Waals surface area (Å²) < 4.78 is 5.85. The fourth-order valence-electron chi connectivity index (χ4n) is 4.48. The van der Waals surface area contributed by atoms with Crippen LogP contribution in [0.3, 0.4) is 0 Å². The summed E-state index contributed by atoms with van der Waals surface area (Å²) in [7, 11) is 1.34. The molecular weight excluding hydrogens is 494 g/mol. The van der Waals surface area contributed by atoms with Gasteiger partial charge in [-0.3, -0.25) is 9.69 Å². The Balaban J connectivity index is 1.38. The molecular formula is C28H26ClN3O3S. The zero-order valence-electron chi connectivity index (χ0n) is 19.9. The molecule has 2 heterocycles. The topological polar surface area (TPSA) is 61.9 Å². The average molecular weight is 520 g/mol. The molecule has 1 fully saturated rings. The van der Waals surface area contributed by atoms with Gasteiger partial charge in [-0.1, -0.05) is 60.1 Å². The van der Waals surface area contributed by atoms with Gasteiger partial charge in [0.05, 0.1) is 29.1 Å². The van der Waals surface area contributed by atoms with E-state index >= 15 is 0 Å². The van der Waals surface area contributed by atoms with Gasteiger partial charge in [-0.05, 0) is 29.8 Å². The van der Waals surface area contributed by atoms with Crippen LogP contribution in [0, 0.1) is 0 Å². The standard InChI is InChI=1S/C28H26ClN3O3S/c1-35-28(34)20-11-12-23(32-15-13-31(14-16-32)18-19-7-3-2-4-8-19)22(17-20)30-27(33)26-25(29)21-9-5-6-10-24(21)36-26/h2-12,17H,13-16,18H2,1H3,(H,30,33). The molecule has 0 atom stereocenters. The molecule has 8 heteroatoms. The van der Waals surface area contributed by atoms with Crippen LogP contribution < -0.4 is 10.2 Å². The largest absolute Gasteiger partial charge is 0.465 e. The number of benzene rings is 3. The number of carbonyl (C=O) groups excluding carboxylic acids is 2. The van der Waals surface area contributed by atoms with E-state index < -0.39 is 5.97 Å². The highest BCUT2D eigenvalue weighted by molar-refractivity contribution is 7.21.